The van der Waals surface area contributed by atoms with Crippen LogP contribution in [-0.4, -0.2) is 0 Å². The molecule has 0 unspecified atom stereocenters. The Morgan fingerprint density at radius 2 is 0.286 bits per heavy atom. The van der Waals surface area contributed by atoms with Crippen LogP contribution in [0.3, 0.4) is 0 Å². The molecule has 4 radical (unpaired) electrons. The quantitative estimate of drug-likeness (QED) is 0.270. The van der Waals surface area contributed by atoms with Crippen molar-refractivity contribution < 1.29 is 131 Å². The molecule has 0 spiro atoms. The van der Waals surface area contributed by atoms with Crippen molar-refractivity contribution in [1.82, 2.24) is 0 Å². The minimum Gasteiger partial charge on any atom is -0.584 e. The Balaban J connectivity index is -0.000000000667. The SMILES string of the molecule is [CH2-]C([CH2-])([CH2-])[CH2-].[CH3-].[CH3-].[CH3-].[CH3-].[CH3-].[CH3-].[CH3-].[CH3-].[CH3-].[CH3-].[CH3-].[CH3-].[Y].[Y].[Y].[Y]. The molecule has 0 saturated heterocycles. The van der Waals surface area contributed by atoms with Gasteiger partial charge in [0.1, 0.15) is 0 Å². The summed E-state index contributed by atoms with van der Waals surface area (Å²) in [6, 6.07) is 0. The van der Waals surface area contributed by atoms with E-state index in [0.29, 0.717) is 0 Å². The molecule has 0 atom stereocenters. The van der Waals surface area contributed by atoms with Crippen molar-refractivity contribution in [2.45, 2.75) is 0 Å². The first kappa shape index (κ1) is 214. The summed E-state index contributed by atoms with van der Waals surface area (Å²) < 4.78 is 0. The second-order valence-corrected chi connectivity index (χ2v) is 1.50. The smallest absolute Gasteiger partial charge is 0 e. The van der Waals surface area contributed by atoms with Crippen LogP contribution in [0.5, 0.6) is 0 Å². The van der Waals surface area contributed by atoms with Gasteiger partial charge in [-0.25, -0.2) is 0 Å². The predicted octanol–water partition coefficient (Wildman–Crippen LogP) is 6.70. The summed E-state index contributed by atoms with van der Waals surface area (Å²) in [6.07, 6.45) is 0. The van der Waals surface area contributed by atoms with Gasteiger partial charge in [-0.3, -0.25) is 0 Å². The average Bonchev–Trinajstić information content (AvgIpc) is 0.722. The standard InChI is InChI=1S/C5H8.12CH3.4Y/c1-5(2,3)4;;;;;;;;;;;;;;;;/h1-4H2;12*1H3;;;;/q-4;12*-1;;;;. The van der Waals surface area contributed by atoms with Crippen LogP contribution in [0.25, 0.3) is 0 Å². The molecule has 4 heteroatoms. The number of hydrogen-bond donors (Lipinski definition) is 0. The van der Waals surface area contributed by atoms with E-state index in [1.54, 1.807) is 0 Å². The third-order valence-electron chi connectivity index (χ3n) is 0. The number of hydrogen-bond acceptors (Lipinski definition) is 0. The van der Waals surface area contributed by atoms with Crippen molar-refractivity contribution in [2.75, 3.05) is 0 Å². The van der Waals surface area contributed by atoms with Gasteiger partial charge in [-0.15, -0.1) is 0 Å². The molecule has 0 fully saturated rings. The molecule has 0 aliphatic heterocycles. The predicted molar refractivity (Wildman–Crippen MR) is 101 cm³/mol. The Morgan fingerprint density at radius 1 is 0.286 bits per heavy atom. The summed E-state index contributed by atoms with van der Waals surface area (Å²) >= 11 is 0. The number of rotatable bonds is 0. The molecule has 0 saturated carbocycles. The summed E-state index contributed by atoms with van der Waals surface area (Å²) in [5, 5.41) is 0. The summed E-state index contributed by atoms with van der Waals surface area (Å²) in [5.41, 5.74) is -0.500. The van der Waals surface area contributed by atoms with E-state index in [9.17, 15) is 0 Å². The largest absolute Gasteiger partial charge is 0.584 e. The molecule has 0 N–H and O–H groups in total. The van der Waals surface area contributed by atoms with Crippen LogP contribution in [0.4, 0.5) is 0 Å². The van der Waals surface area contributed by atoms with Crippen LogP contribution in [0.1, 0.15) is 0 Å². The zero-order valence-corrected chi connectivity index (χ0v) is 29.0. The summed E-state index contributed by atoms with van der Waals surface area (Å²) in [7, 11) is 0. The van der Waals surface area contributed by atoms with Gasteiger partial charge in [-0.05, 0) is 0 Å². The Labute approximate surface area is 248 Å². The van der Waals surface area contributed by atoms with E-state index < -0.39 is 5.41 Å². The molecule has 0 amide bonds. The van der Waals surface area contributed by atoms with Gasteiger partial charge in [0.25, 0.3) is 0 Å². The molecule has 0 rings (SSSR count). The van der Waals surface area contributed by atoms with Gasteiger partial charge in [-0.1, -0.05) is 0 Å². The third kappa shape index (κ3) is 629. The van der Waals surface area contributed by atoms with Gasteiger partial charge >= 0.3 is 0 Å². The third-order valence-corrected chi connectivity index (χ3v) is 0. The van der Waals surface area contributed by atoms with E-state index in [-0.39, 0.29) is 220 Å². The van der Waals surface area contributed by atoms with Crippen LogP contribution < -0.4 is 0 Å². The fraction of sp³-hybridized carbons (Fsp3) is 0.0588. The van der Waals surface area contributed by atoms with Gasteiger partial charge in [0.2, 0.25) is 0 Å². The maximum atomic E-state index is 3.44. The van der Waals surface area contributed by atoms with E-state index in [0.717, 1.165) is 0 Å². The Bertz CT molecular complexity index is 30.3. The first-order chi connectivity index (χ1) is 2.00. The first-order valence-electron chi connectivity index (χ1n) is 1.41. The average molecular weight is 604 g/mol. The second kappa shape index (κ2) is 123. The van der Waals surface area contributed by atoms with Gasteiger partial charge in [-0.2, -0.15) is 0 Å². The van der Waals surface area contributed by atoms with Gasteiger partial charge in [0, 0.05) is 131 Å². The van der Waals surface area contributed by atoms with Crippen molar-refractivity contribution in [2.24, 2.45) is 5.41 Å². The van der Waals surface area contributed by atoms with E-state index in [1.807, 2.05) is 0 Å². The Hall–Kier alpha value is 4.42. The topological polar surface area (TPSA) is 0 Å². The molecule has 0 aromatic rings. The van der Waals surface area contributed by atoms with Crippen LogP contribution in [0.2, 0.25) is 0 Å². The van der Waals surface area contributed by atoms with E-state index in [4.69, 9.17) is 0 Å². The van der Waals surface area contributed by atoms with Crippen molar-refractivity contribution in [3.8, 4) is 0 Å². The minimum atomic E-state index is -0.500. The van der Waals surface area contributed by atoms with Crippen molar-refractivity contribution in [3.05, 3.63) is 117 Å². The maximum Gasteiger partial charge on any atom is 0 e. The molecule has 0 nitrogen and oxygen atoms in total. The zero-order chi connectivity index (χ0) is 4.50. The summed E-state index contributed by atoms with van der Waals surface area (Å²) in [6.45, 7) is 13.8. The van der Waals surface area contributed by atoms with Crippen molar-refractivity contribution >= 4 is 0 Å². The van der Waals surface area contributed by atoms with E-state index in [1.165, 1.54) is 0 Å². The van der Waals surface area contributed by atoms with Gasteiger partial charge in [0.05, 0.1) is 0 Å². The van der Waals surface area contributed by atoms with Gasteiger partial charge < -0.3 is 122 Å². The molecule has 140 valence electrons. The second-order valence-electron chi connectivity index (χ2n) is 1.50. The first-order valence-corrected chi connectivity index (χ1v) is 1.41. The molecule has 0 bridgehead atoms. The van der Waals surface area contributed by atoms with Crippen molar-refractivity contribution in [3.63, 3.8) is 0 Å². The Kier molecular flexibility index (Phi) is 1260. The Morgan fingerprint density at radius 3 is 0.286 bits per heavy atom. The molecule has 0 aliphatic carbocycles. The molecule has 0 aromatic carbocycles. The van der Waals surface area contributed by atoms with Crippen LogP contribution in [0.15, 0.2) is 0 Å². The maximum absolute atomic E-state index is 3.44. The van der Waals surface area contributed by atoms with Gasteiger partial charge in [0.15, 0.2) is 0 Å². The molecule has 0 heterocycles. The van der Waals surface area contributed by atoms with Crippen LogP contribution in [0, 0.1) is 122 Å². The van der Waals surface area contributed by atoms with Crippen molar-refractivity contribution in [1.29, 1.82) is 0 Å². The zero-order valence-electron chi connectivity index (χ0n) is 17.6. The summed E-state index contributed by atoms with van der Waals surface area (Å²) in [5.74, 6) is 0. The molecule has 0 aliphatic rings. The fourth-order valence-electron chi connectivity index (χ4n) is 0. The molecular formula is C17H44Y4-16. The monoisotopic (exact) mass is 604 g/mol. The molecular weight excluding hydrogens is 560 g/mol. The van der Waals surface area contributed by atoms with Crippen LogP contribution in [-0.2, 0) is 131 Å². The molecule has 0 aromatic heterocycles. The van der Waals surface area contributed by atoms with E-state index >= 15 is 0 Å². The van der Waals surface area contributed by atoms with Crippen LogP contribution >= 0.6 is 0 Å². The summed E-state index contributed by atoms with van der Waals surface area (Å²) in [4.78, 5) is 0. The minimum absolute atomic E-state index is 0. The fourth-order valence-corrected chi connectivity index (χ4v) is 0. The van der Waals surface area contributed by atoms with E-state index in [2.05, 4.69) is 27.7 Å². The normalized spacial score (nSPS) is 2.86. The molecule has 21 heavy (non-hydrogen) atoms.